The number of carbonyl (C=O) groups is 1. The third kappa shape index (κ3) is 5.64. The zero-order chi connectivity index (χ0) is 21.5. The molecule has 0 N–H and O–H groups in total. The fraction of sp³-hybridized carbons (Fsp3) is 0.609. The van der Waals surface area contributed by atoms with E-state index in [1.54, 1.807) is 4.57 Å². The average molecular weight is 432 g/mol. The predicted molar refractivity (Wildman–Crippen MR) is 122 cm³/mol. The largest absolute Gasteiger partial charge is 0.379 e. The van der Waals surface area contributed by atoms with Crippen LogP contribution in [0.2, 0.25) is 0 Å². The molecular weight excluding hydrogens is 398 g/mol. The zero-order valence-corrected chi connectivity index (χ0v) is 19.1. The number of rotatable bonds is 9. The molecule has 1 fully saturated rings. The zero-order valence-electron chi connectivity index (χ0n) is 18.3. The van der Waals surface area contributed by atoms with Crippen LogP contribution in [0.4, 0.5) is 0 Å². The van der Waals surface area contributed by atoms with Crippen molar-refractivity contribution in [2.75, 3.05) is 18.9 Å². The minimum Gasteiger partial charge on any atom is -0.379 e. The highest BCUT2D eigenvalue weighted by molar-refractivity contribution is 7.99. The minimum absolute atomic E-state index is 0.0514. The lowest BCUT2D eigenvalue weighted by molar-refractivity contribution is -0.132. The second-order valence-electron chi connectivity index (χ2n) is 8.08. The molecule has 0 spiro atoms. The summed E-state index contributed by atoms with van der Waals surface area (Å²) >= 11 is 1.37. The van der Waals surface area contributed by atoms with Gasteiger partial charge in [-0.1, -0.05) is 30.8 Å². The van der Waals surface area contributed by atoms with Crippen LogP contribution in [-0.4, -0.2) is 51.4 Å². The van der Waals surface area contributed by atoms with E-state index < -0.39 is 0 Å². The van der Waals surface area contributed by atoms with Crippen LogP contribution < -0.4 is 5.56 Å². The van der Waals surface area contributed by atoms with Gasteiger partial charge < -0.3 is 9.64 Å². The van der Waals surface area contributed by atoms with Crippen LogP contribution in [0.5, 0.6) is 0 Å². The average Bonchev–Trinajstić information content (AvgIpc) is 2.76. The Morgan fingerprint density at radius 3 is 2.87 bits per heavy atom. The Morgan fingerprint density at radius 2 is 2.10 bits per heavy atom. The maximum absolute atomic E-state index is 13.1. The van der Waals surface area contributed by atoms with Crippen LogP contribution in [0.15, 0.2) is 34.2 Å². The molecule has 164 valence electrons. The first-order valence-electron chi connectivity index (χ1n) is 11.0. The lowest BCUT2D eigenvalue weighted by atomic mass is 10.0. The van der Waals surface area contributed by atoms with Gasteiger partial charge in [0, 0.05) is 25.7 Å². The van der Waals surface area contributed by atoms with E-state index in [4.69, 9.17) is 9.72 Å². The fourth-order valence-corrected chi connectivity index (χ4v) is 4.87. The van der Waals surface area contributed by atoms with Gasteiger partial charge in [0.25, 0.3) is 5.56 Å². The van der Waals surface area contributed by atoms with Crippen molar-refractivity contribution in [3.05, 3.63) is 34.6 Å². The number of benzene rings is 1. The van der Waals surface area contributed by atoms with Crippen molar-refractivity contribution < 1.29 is 9.53 Å². The molecule has 1 unspecified atom stereocenters. The molecule has 1 atom stereocenters. The first-order valence-corrected chi connectivity index (χ1v) is 12.0. The molecule has 1 aromatic carbocycles. The smallest absolute Gasteiger partial charge is 0.262 e. The van der Waals surface area contributed by atoms with Gasteiger partial charge in [-0.3, -0.25) is 14.2 Å². The summed E-state index contributed by atoms with van der Waals surface area (Å²) in [7, 11) is 0. The molecule has 1 aliphatic heterocycles. The van der Waals surface area contributed by atoms with E-state index in [0.717, 1.165) is 32.2 Å². The molecule has 7 heteroatoms. The van der Waals surface area contributed by atoms with Crippen molar-refractivity contribution in [1.82, 2.24) is 14.5 Å². The Balaban J connectivity index is 1.78. The SMILES string of the molecule is CCC1CCCCN1C(=O)CSc1nc2ccccc2c(=O)n1CCCOC(C)C. The number of carbonyl (C=O) groups excluding carboxylic acids is 1. The number of nitrogens with zero attached hydrogens (tertiary/aromatic N) is 3. The Bertz CT molecular complexity index is 912. The summed E-state index contributed by atoms with van der Waals surface area (Å²) in [5, 5.41) is 1.22. The summed E-state index contributed by atoms with van der Waals surface area (Å²) in [5.41, 5.74) is 0.626. The maximum Gasteiger partial charge on any atom is 0.262 e. The molecule has 6 nitrogen and oxygen atoms in total. The van der Waals surface area contributed by atoms with E-state index in [1.807, 2.05) is 43.0 Å². The van der Waals surface area contributed by atoms with E-state index in [2.05, 4.69) is 6.92 Å². The molecule has 1 saturated heterocycles. The van der Waals surface area contributed by atoms with Gasteiger partial charge in [-0.25, -0.2) is 4.98 Å². The quantitative estimate of drug-likeness (QED) is 0.340. The van der Waals surface area contributed by atoms with Crippen molar-refractivity contribution in [3.8, 4) is 0 Å². The van der Waals surface area contributed by atoms with Gasteiger partial charge in [0.2, 0.25) is 5.91 Å². The second-order valence-corrected chi connectivity index (χ2v) is 9.02. The lowest BCUT2D eigenvalue weighted by Crippen LogP contribution is -2.44. The van der Waals surface area contributed by atoms with E-state index in [9.17, 15) is 9.59 Å². The predicted octanol–water partition coefficient (Wildman–Crippen LogP) is 4.09. The molecule has 2 aromatic rings. The van der Waals surface area contributed by atoms with Crippen molar-refractivity contribution in [3.63, 3.8) is 0 Å². The number of hydrogen-bond acceptors (Lipinski definition) is 5. The number of hydrogen-bond donors (Lipinski definition) is 0. The van der Waals surface area contributed by atoms with Gasteiger partial charge in [-0.15, -0.1) is 0 Å². The Labute approximate surface area is 183 Å². The third-order valence-electron chi connectivity index (χ3n) is 5.55. The Kier molecular flexibility index (Phi) is 8.33. The van der Waals surface area contributed by atoms with Gasteiger partial charge in [-0.2, -0.15) is 0 Å². The monoisotopic (exact) mass is 431 g/mol. The van der Waals surface area contributed by atoms with Crippen LogP contribution in [0, 0.1) is 0 Å². The van der Waals surface area contributed by atoms with Gasteiger partial charge in [-0.05, 0) is 58.1 Å². The molecule has 1 aliphatic rings. The summed E-state index contributed by atoms with van der Waals surface area (Å²) in [6.07, 6.45) is 5.23. The summed E-state index contributed by atoms with van der Waals surface area (Å²) in [4.78, 5) is 32.7. The van der Waals surface area contributed by atoms with E-state index in [-0.39, 0.29) is 17.6 Å². The number of amides is 1. The van der Waals surface area contributed by atoms with Crippen molar-refractivity contribution in [2.45, 2.75) is 76.7 Å². The number of thioether (sulfide) groups is 1. The van der Waals surface area contributed by atoms with Crippen LogP contribution in [-0.2, 0) is 16.1 Å². The molecular formula is C23H33N3O3S. The highest BCUT2D eigenvalue weighted by atomic mass is 32.2. The Morgan fingerprint density at radius 1 is 1.30 bits per heavy atom. The van der Waals surface area contributed by atoms with Crippen LogP contribution >= 0.6 is 11.8 Å². The molecule has 1 aromatic heterocycles. The number of aromatic nitrogens is 2. The number of ether oxygens (including phenoxy) is 1. The molecule has 0 saturated carbocycles. The van der Waals surface area contributed by atoms with Crippen LogP contribution in [0.1, 0.15) is 52.9 Å². The summed E-state index contributed by atoms with van der Waals surface area (Å²) < 4.78 is 7.33. The lowest BCUT2D eigenvalue weighted by Gasteiger charge is -2.35. The van der Waals surface area contributed by atoms with Crippen LogP contribution in [0.25, 0.3) is 10.9 Å². The van der Waals surface area contributed by atoms with Gasteiger partial charge in [0.15, 0.2) is 5.16 Å². The van der Waals surface area contributed by atoms with Crippen molar-refractivity contribution >= 4 is 28.6 Å². The second kappa shape index (κ2) is 11.0. The van der Waals surface area contributed by atoms with E-state index in [1.165, 1.54) is 18.2 Å². The van der Waals surface area contributed by atoms with E-state index in [0.29, 0.717) is 41.0 Å². The highest BCUT2D eigenvalue weighted by Crippen LogP contribution is 2.23. The number of piperidine rings is 1. The maximum atomic E-state index is 13.1. The molecule has 3 rings (SSSR count). The van der Waals surface area contributed by atoms with Crippen molar-refractivity contribution in [2.24, 2.45) is 0 Å². The standard InChI is InChI=1S/C23H33N3O3S/c1-4-18-10-7-8-13-25(18)21(27)16-30-23-24-20-12-6-5-11-19(20)22(28)26(23)14-9-15-29-17(2)3/h5-6,11-12,17-18H,4,7-10,13-16H2,1-3H3. The summed E-state index contributed by atoms with van der Waals surface area (Å²) in [6, 6.07) is 7.74. The third-order valence-corrected chi connectivity index (χ3v) is 6.51. The minimum atomic E-state index is -0.0514. The first-order chi connectivity index (χ1) is 14.5. The number of fused-ring (bicyclic) bond motifs is 1. The summed E-state index contributed by atoms with van der Waals surface area (Å²) in [5.74, 6) is 0.452. The van der Waals surface area contributed by atoms with Crippen LogP contribution in [0.3, 0.4) is 0 Å². The Hall–Kier alpha value is -1.86. The van der Waals surface area contributed by atoms with Gasteiger partial charge in [0.1, 0.15) is 0 Å². The molecule has 0 bridgehead atoms. The van der Waals surface area contributed by atoms with E-state index >= 15 is 0 Å². The van der Waals surface area contributed by atoms with Crippen molar-refractivity contribution in [1.29, 1.82) is 0 Å². The normalized spacial score (nSPS) is 17.1. The highest BCUT2D eigenvalue weighted by Gasteiger charge is 2.25. The molecule has 0 aliphatic carbocycles. The molecule has 1 amide bonds. The molecule has 0 radical (unpaired) electrons. The topological polar surface area (TPSA) is 64.4 Å². The van der Waals surface area contributed by atoms with Gasteiger partial charge in [0.05, 0.1) is 22.8 Å². The fourth-order valence-electron chi connectivity index (χ4n) is 3.96. The molecule has 30 heavy (non-hydrogen) atoms. The first kappa shape index (κ1) is 22.8. The van der Waals surface area contributed by atoms with Gasteiger partial charge >= 0.3 is 0 Å². The number of likely N-dealkylation sites (tertiary alicyclic amines) is 1. The number of para-hydroxylation sites is 1. The molecule has 2 heterocycles. The summed E-state index contributed by atoms with van der Waals surface area (Å²) in [6.45, 7) is 8.10.